The van der Waals surface area contributed by atoms with Gasteiger partial charge in [0.25, 0.3) is 5.88 Å². The summed E-state index contributed by atoms with van der Waals surface area (Å²) < 4.78 is 10.8. The van der Waals surface area contributed by atoms with Crippen molar-refractivity contribution in [1.29, 1.82) is 0 Å². The average molecular weight is 315 g/mol. The first-order valence-corrected chi connectivity index (χ1v) is 7.98. The van der Waals surface area contributed by atoms with Crippen LogP contribution in [0.1, 0.15) is 53.7 Å². The molecule has 1 aromatic carbocycles. The minimum atomic E-state index is -0.486. The molecule has 1 saturated carbocycles. The molecule has 0 radical (unpaired) electrons. The molecule has 0 amide bonds. The van der Waals surface area contributed by atoms with Crippen molar-refractivity contribution in [3.05, 3.63) is 41.1 Å². The Labute approximate surface area is 135 Å². The van der Waals surface area contributed by atoms with Gasteiger partial charge in [-0.2, -0.15) is 0 Å². The molecule has 0 bridgehead atoms. The van der Waals surface area contributed by atoms with Gasteiger partial charge in [-0.1, -0.05) is 40.1 Å². The third-order valence-electron chi connectivity index (χ3n) is 4.21. The quantitative estimate of drug-likeness (QED) is 0.858. The van der Waals surface area contributed by atoms with Gasteiger partial charge in [-0.05, 0) is 44.6 Å². The van der Waals surface area contributed by atoms with E-state index < -0.39 is 5.97 Å². The van der Waals surface area contributed by atoms with Gasteiger partial charge < -0.3 is 9.47 Å². The molecule has 2 atom stereocenters. The van der Waals surface area contributed by atoms with Crippen LogP contribution in [-0.2, 0) is 4.74 Å². The normalized spacial score (nSPS) is 20.4. The molecule has 2 aromatic rings. The molecule has 6 heteroatoms. The summed E-state index contributed by atoms with van der Waals surface area (Å²) in [5, 5.41) is 10.1. The van der Waals surface area contributed by atoms with Crippen molar-refractivity contribution in [2.75, 3.05) is 6.61 Å². The third-order valence-corrected chi connectivity index (χ3v) is 4.21. The highest BCUT2D eigenvalue weighted by Gasteiger charge is 2.29. The number of nitrogens with zero attached hydrogens (tertiary/aromatic N) is 2. The number of nitrogens with one attached hydrogen (secondary N) is 1. The molecule has 1 aromatic heterocycles. The molecular weight excluding hydrogens is 294 g/mol. The smallest absolute Gasteiger partial charge is 0.362 e. The molecule has 3 rings (SSSR count). The zero-order chi connectivity index (χ0) is 16.2. The van der Waals surface area contributed by atoms with Crippen LogP contribution >= 0.6 is 0 Å². The molecule has 122 valence electrons. The second-order valence-electron chi connectivity index (χ2n) is 5.87. The number of benzene rings is 1. The Hall–Kier alpha value is -2.37. The maximum atomic E-state index is 11.8. The first-order chi connectivity index (χ1) is 11.2. The van der Waals surface area contributed by atoms with Crippen molar-refractivity contribution in [3.8, 4) is 5.88 Å². The van der Waals surface area contributed by atoms with Crippen LogP contribution in [0, 0.1) is 6.92 Å². The number of esters is 1. The van der Waals surface area contributed by atoms with Crippen molar-refractivity contribution in [2.45, 2.75) is 45.1 Å². The minimum Gasteiger partial charge on any atom is -0.472 e. The van der Waals surface area contributed by atoms with Gasteiger partial charge in [0.1, 0.15) is 6.10 Å². The number of carbonyl (C=O) groups is 1. The zero-order valence-corrected chi connectivity index (χ0v) is 13.4. The number of ether oxygens (including phenoxy) is 2. The number of H-pyrrole nitrogens is 1. The monoisotopic (exact) mass is 315 g/mol. The van der Waals surface area contributed by atoms with Crippen LogP contribution in [-0.4, -0.2) is 34.1 Å². The number of aromatic nitrogens is 3. The lowest BCUT2D eigenvalue weighted by atomic mass is 9.97. The molecule has 0 spiro atoms. The maximum absolute atomic E-state index is 11.8. The number of aromatic amines is 1. The SMILES string of the molecule is CCOC(=O)c1[nH]nnc1OC1CCC(c2ccc(C)cc2)C1. The highest BCUT2D eigenvalue weighted by Crippen LogP contribution is 2.36. The van der Waals surface area contributed by atoms with Crippen LogP contribution in [0.3, 0.4) is 0 Å². The van der Waals surface area contributed by atoms with Gasteiger partial charge in [-0.25, -0.2) is 9.89 Å². The standard InChI is InChI=1S/C17H21N3O3/c1-3-22-17(21)15-16(19-20-18-15)23-14-9-8-13(10-14)12-6-4-11(2)5-7-12/h4-7,13-14H,3,8-10H2,1-2H3,(H,18,19,20). The van der Waals surface area contributed by atoms with Crippen molar-refractivity contribution in [2.24, 2.45) is 0 Å². The molecule has 0 saturated heterocycles. The van der Waals surface area contributed by atoms with Crippen LogP contribution in [0.2, 0.25) is 0 Å². The molecule has 2 unspecified atom stereocenters. The molecular formula is C17H21N3O3. The van der Waals surface area contributed by atoms with Gasteiger partial charge >= 0.3 is 5.97 Å². The van der Waals surface area contributed by atoms with Crippen molar-refractivity contribution < 1.29 is 14.3 Å². The van der Waals surface area contributed by atoms with Gasteiger partial charge in [0.2, 0.25) is 5.69 Å². The largest absolute Gasteiger partial charge is 0.472 e. The molecule has 1 aliphatic carbocycles. The molecule has 1 heterocycles. The molecule has 1 N–H and O–H groups in total. The Morgan fingerprint density at radius 1 is 1.30 bits per heavy atom. The van der Waals surface area contributed by atoms with Crippen LogP contribution in [0.15, 0.2) is 24.3 Å². The highest BCUT2D eigenvalue weighted by molar-refractivity contribution is 5.89. The average Bonchev–Trinajstić information content (AvgIpc) is 3.18. The van der Waals surface area contributed by atoms with E-state index >= 15 is 0 Å². The summed E-state index contributed by atoms with van der Waals surface area (Å²) in [7, 11) is 0. The minimum absolute atomic E-state index is 0.0413. The van der Waals surface area contributed by atoms with Crippen LogP contribution < -0.4 is 4.74 Å². The predicted octanol–water partition coefficient (Wildman–Crippen LogP) is 3.00. The van der Waals surface area contributed by atoms with E-state index in [4.69, 9.17) is 9.47 Å². The molecule has 1 fully saturated rings. The number of aryl methyl sites for hydroxylation is 1. The fourth-order valence-electron chi connectivity index (χ4n) is 2.98. The Morgan fingerprint density at radius 2 is 2.09 bits per heavy atom. The molecule has 1 aliphatic rings. The summed E-state index contributed by atoms with van der Waals surface area (Å²) in [6, 6.07) is 8.64. The van der Waals surface area contributed by atoms with E-state index in [0.29, 0.717) is 12.5 Å². The Kier molecular flexibility index (Phi) is 4.60. The summed E-state index contributed by atoms with van der Waals surface area (Å²) in [6.45, 7) is 4.15. The number of carbonyl (C=O) groups excluding carboxylic acids is 1. The van der Waals surface area contributed by atoms with Crippen molar-refractivity contribution in [1.82, 2.24) is 15.4 Å². The van der Waals surface area contributed by atoms with Gasteiger partial charge in [0.05, 0.1) is 6.61 Å². The summed E-state index contributed by atoms with van der Waals surface area (Å²) in [6.07, 6.45) is 2.96. The zero-order valence-electron chi connectivity index (χ0n) is 13.4. The van der Waals surface area contributed by atoms with Crippen LogP contribution in [0.25, 0.3) is 0 Å². The van der Waals surface area contributed by atoms with Crippen LogP contribution in [0.4, 0.5) is 0 Å². The topological polar surface area (TPSA) is 77.1 Å². The second kappa shape index (κ2) is 6.81. The maximum Gasteiger partial charge on any atom is 0.362 e. The summed E-state index contributed by atoms with van der Waals surface area (Å²) >= 11 is 0. The summed E-state index contributed by atoms with van der Waals surface area (Å²) in [4.78, 5) is 11.8. The molecule has 6 nitrogen and oxygen atoms in total. The lowest BCUT2D eigenvalue weighted by Crippen LogP contribution is -2.15. The summed E-state index contributed by atoms with van der Waals surface area (Å²) in [5.74, 6) is 0.233. The van der Waals surface area contributed by atoms with Crippen molar-refractivity contribution in [3.63, 3.8) is 0 Å². The number of hydrogen-bond acceptors (Lipinski definition) is 5. The second-order valence-corrected chi connectivity index (χ2v) is 5.87. The van der Waals surface area contributed by atoms with E-state index in [0.717, 1.165) is 19.3 Å². The van der Waals surface area contributed by atoms with E-state index in [2.05, 4.69) is 46.6 Å². The Morgan fingerprint density at radius 3 is 2.83 bits per heavy atom. The first-order valence-electron chi connectivity index (χ1n) is 7.98. The van der Waals surface area contributed by atoms with Gasteiger partial charge in [-0.15, -0.1) is 0 Å². The van der Waals surface area contributed by atoms with E-state index in [1.807, 2.05) is 0 Å². The fraction of sp³-hybridized carbons (Fsp3) is 0.471. The van der Waals surface area contributed by atoms with Crippen LogP contribution in [0.5, 0.6) is 5.88 Å². The number of hydrogen-bond donors (Lipinski definition) is 1. The van der Waals surface area contributed by atoms with E-state index in [-0.39, 0.29) is 17.7 Å². The predicted molar refractivity (Wildman–Crippen MR) is 84.5 cm³/mol. The van der Waals surface area contributed by atoms with E-state index in [1.165, 1.54) is 11.1 Å². The fourth-order valence-corrected chi connectivity index (χ4v) is 2.98. The lowest BCUT2D eigenvalue weighted by molar-refractivity contribution is 0.0511. The van der Waals surface area contributed by atoms with Gasteiger partial charge in [-0.3, -0.25) is 0 Å². The van der Waals surface area contributed by atoms with Gasteiger partial charge in [0.15, 0.2) is 0 Å². The van der Waals surface area contributed by atoms with Crippen molar-refractivity contribution >= 4 is 5.97 Å². The Bertz CT molecular complexity index is 666. The third kappa shape index (κ3) is 3.52. The first kappa shape index (κ1) is 15.5. The Balaban J connectivity index is 1.63. The lowest BCUT2D eigenvalue weighted by Gasteiger charge is -2.13. The molecule has 23 heavy (non-hydrogen) atoms. The van der Waals surface area contributed by atoms with Gasteiger partial charge in [0, 0.05) is 0 Å². The van der Waals surface area contributed by atoms with E-state index in [1.54, 1.807) is 6.92 Å². The highest BCUT2D eigenvalue weighted by atomic mass is 16.5. The summed E-state index contributed by atoms with van der Waals surface area (Å²) in [5.41, 5.74) is 2.79. The number of rotatable bonds is 5. The van der Waals surface area contributed by atoms with E-state index in [9.17, 15) is 4.79 Å². The molecule has 0 aliphatic heterocycles.